The first kappa shape index (κ1) is 18.9. The van der Waals surface area contributed by atoms with Crippen molar-refractivity contribution in [3.05, 3.63) is 70.3 Å². The highest BCUT2D eigenvalue weighted by Crippen LogP contribution is 2.56. The molecule has 0 fully saturated rings. The predicted octanol–water partition coefficient (Wildman–Crippen LogP) is 6.14. The number of ether oxygens (including phenoxy) is 1. The Balaban J connectivity index is 2.19. The van der Waals surface area contributed by atoms with Gasteiger partial charge in [0.1, 0.15) is 0 Å². The van der Waals surface area contributed by atoms with Crippen molar-refractivity contribution in [1.82, 2.24) is 0 Å². The maximum absolute atomic E-state index is 14.9. The summed E-state index contributed by atoms with van der Waals surface area (Å²) in [6, 6.07) is 9.92. The fourth-order valence-electron chi connectivity index (χ4n) is 3.69. The third-order valence-corrected chi connectivity index (χ3v) is 4.98. The van der Waals surface area contributed by atoms with Crippen molar-refractivity contribution in [3.63, 3.8) is 0 Å². The molecule has 2 aromatic rings. The smallest absolute Gasteiger partial charge is 0.340 e. The Morgan fingerprint density at radius 2 is 1.58 bits per heavy atom. The molecule has 0 N–H and O–H groups in total. The summed E-state index contributed by atoms with van der Waals surface area (Å²) in [4.78, 5) is 0. The zero-order valence-electron chi connectivity index (χ0n) is 14.9. The molecule has 1 aliphatic rings. The molecule has 0 saturated carbocycles. The molecule has 0 spiro atoms. The van der Waals surface area contributed by atoms with Gasteiger partial charge in [0.05, 0.1) is 0 Å². The van der Waals surface area contributed by atoms with Crippen LogP contribution in [-0.2, 0) is 16.6 Å². The highest BCUT2D eigenvalue weighted by atomic mass is 19.3. The molecule has 1 atom stereocenters. The van der Waals surface area contributed by atoms with Gasteiger partial charge in [0, 0.05) is 30.3 Å². The minimum absolute atomic E-state index is 0.276. The topological polar surface area (TPSA) is 9.23 Å². The molecule has 2 aromatic carbocycles. The van der Waals surface area contributed by atoms with Crippen LogP contribution in [0.1, 0.15) is 53.5 Å². The summed E-state index contributed by atoms with van der Waals surface area (Å²) < 4.78 is 64.8. The summed E-state index contributed by atoms with van der Waals surface area (Å²) in [5.41, 5.74) is 0.178. The molecule has 0 aromatic heterocycles. The zero-order chi connectivity index (χ0) is 18.9. The summed E-state index contributed by atoms with van der Waals surface area (Å²) in [5.74, 6) is -9.04. The molecule has 1 unspecified atom stereocenters. The highest BCUT2D eigenvalue weighted by molar-refractivity contribution is 5.50. The quantitative estimate of drug-likeness (QED) is 0.456. The third kappa shape index (κ3) is 3.02. The molecule has 0 bridgehead atoms. The first-order chi connectivity index (χ1) is 12.3. The summed E-state index contributed by atoms with van der Waals surface area (Å²) >= 11 is 0. The van der Waals surface area contributed by atoms with Crippen molar-refractivity contribution in [1.29, 1.82) is 0 Å². The zero-order valence-corrected chi connectivity index (χ0v) is 14.9. The van der Waals surface area contributed by atoms with E-state index in [1.165, 1.54) is 12.1 Å². The van der Waals surface area contributed by atoms with Crippen LogP contribution in [0.2, 0.25) is 0 Å². The molecule has 1 aliphatic carbocycles. The first-order valence-electron chi connectivity index (χ1n) is 8.84. The van der Waals surface area contributed by atoms with Crippen LogP contribution in [0.15, 0.2) is 42.5 Å². The van der Waals surface area contributed by atoms with Gasteiger partial charge in [-0.3, -0.25) is 0 Å². The molecule has 0 saturated heterocycles. The molecule has 0 amide bonds. The SMILES string of the molecule is CCOCCCC1c2ccccc2C(F)(F)C(F)(F)c2ccc(C)cc21. The van der Waals surface area contributed by atoms with Crippen LogP contribution >= 0.6 is 0 Å². The lowest BCUT2D eigenvalue weighted by Gasteiger charge is -2.27. The average molecular weight is 366 g/mol. The van der Waals surface area contributed by atoms with Crippen molar-refractivity contribution >= 4 is 0 Å². The van der Waals surface area contributed by atoms with Crippen molar-refractivity contribution in [2.24, 2.45) is 0 Å². The van der Waals surface area contributed by atoms with E-state index in [-0.39, 0.29) is 11.1 Å². The van der Waals surface area contributed by atoms with E-state index in [0.717, 1.165) is 17.7 Å². The van der Waals surface area contributed by atoms with E-state index in [1.807, 2.05) is 6.92 Å². The van der Waals surface area contributed by atoms with Crippen LogP contribution in [0.3, 0.4) is 0 Å². The van der Waals surface area contributed by atoms with Gasteiger partial charge in [-0.2, -0.15) is 17.6 Å². The summed E-state index contributed by atoms with van der Waals surface area (Å²) in [5, 5.41) is 0. The largest absolute Gasteiger partial charge is 0.382 e. The van der Waals surface area contributed by atoms with Gasteiger partial charge in [0.15, 0.2) is 0 Å². The maximum atomic E-state index is 14.9. The number of fused-ring (bicyclic) bond motifs is 2. The number of alkyl halides is 4. The standard InChI is InChI=1S/C21H22F4O/c1-3-26-12-6-8-15-16-7-4-5-9-18(16)20(22,23)21(24,25)19-11-10-14(2)13-17(15)19/h4-5,7,9-11,13,15H,3,6,8,12H2,1-2H3. The van der Waals surface area contributed by atoms with Crippen molar-refractivity contribution < 1.29 is 22.3 Å². The van der Waals surface area contributed by atoms with Crippen molar-refractivity contribution in [2.75, 3.05) is 13.2 Å². The van der Waals surface area contributed by atoms with E-state index in [4.69, 9.17) is 4.74 Å². The van der Waals surface area contributed by atoms with E-state index in [9.17, 15) is 17.6 Å². The Morgan fingerprint density at radius 3 is 2.27 bits per heavy atom. The Kier molecular flexibility index (Phi) is 5.11. The molecule has 0 radical (unpaired) electrons. The molecular formula is C21H22F4O. The number of benzene rings is 2. The van der Waals surface area contributed by atoms with Crippen LogP contribution in [0.4, 0.5) is 17.6 Å². The van der Waals surface area contributed by atoms with Crippen molar-refractivity contribution in [2.45, 2.75) is 44.5 Å². The van der Waals surface area contributed by atoms with Gasteiger partial charge >= 0.3 is 11.8 Å². The number of hydrogen-bond acceptors (Lipinski definition) is 1. The van der Waals surface area contributed by atoms with E-state index in [1.54, 1.807) is 25.1 Å². The van der Waals surface area contributed by atoms with Gasteiger partial charge in [0.2, 0.25) is 0 Å². The summed E-state index contributed by atoms with van der Waals surface area (Å²) in [7, 11) is 0. The fourth-order valence-corrected chi connectivity index (χ4v) is 3.69. The first-order valence-corrected chi connectivity index (χ1v) is 8.84. The fraction of sp³-hybridized carbons (Fsp3) is 0.429. The lowest BCUT2D eigenvalue weighted by molar-refractivity contribution is -0.223. The van der Waals surface area contributed by atoms with Crippen LogP contribution in [-0.4, -0.2) is 13.2 Å². The minimum Gasteiger partial charge on any atom is -0.382 e. The molecule has 1 nitrogen and oxygen atoms in total. The van der Waals surface area contributed by atoms with E-state index < -0.39 is 28.9 Å². The van der Waals surface area contributed by atoms with Gasteiger partial charge in [-0.25, -0.2) is 0 Å². The second-order valence-corrected chi connectivity index (χ2v) is 6.72. The second-order valence-electron chi connectivity index (χ2n) is 6.72. The Morgan fingerprint density at radius 1 is 0.923 bits per heavy atom. The van der Waals surface area contributed by atoms with Gasteiger partial charge in [-0.05, 0) is 37.8 Å². The molecule has 0 heterocycles. The maximum Gasteiger partial charge on any atom is 0.340 e. The van der Waals surface area contributed by atoms with Crippen LogP contribution in [0.25, 0.3) is 0 Å². The van der Waals surface area contributed by atoms with Crippen LogP contribution in [0, 0.1) is 6.92 Å². The summed E-state index contributed by atoms with van der Waals surface area (Å²) in [6.45, 7) is 4.70. The third-order valence-electron chi connectivity index (χ3n) is 4.98. The molecule has 3 rings (SSSR count). The number of aryl methyl sites for hydroxylation is 1. The van der Waals surface area contributed by atoms with Gasteiger partial charge in [-0.15, -0.1) is 0 Å². The molecule has 26 heavy (non-hydrogen) atoms. The Bertz CT molecular complexity index is 785. The molecule has 0 aliphatic heterocycles. The lowest BCUT2D eigenvalue weighted by atomic mass is 9.84. The van der Waals surface area contributed by atoms with Crippen LogP contribution in [0.5, 0.6) is 0 Å². The number of halogens is 4. The monoisotopic (exact) mass is 366 g/mol. The number of hydrogen-bond donors (Lipinski definition) is 0. The lowest BCUT2D eigenvalue weighted by Crippen LogP contribution is -2.35. The highest BCUT2D eigenvalue weighted by Gasteiger charge is 2.62. The van der Waals surface area contributed by atoms with Crippen molar-refractivity contribution in [3.8, 4) is 0 Å². The molecule has 140 valence electrons. The van der Waals surface area contributed by atoms with E-state index >= 15 is 0 Å². The van der Waals surface area contributed by atoms with Gasteiger partial charge < -0.3 is 4.74 Å². The Hall–Kier alpha value is -1.88. The van der Waals surface area contributed by atoms with Gasteiger partial charge in [0.25, 0.3) is 0 Å². The summed E-state index contributed by atoms with van der Waals surface area (Å²) in [6.07, 6.45) is 1.08. The van der Waals surface area contributed by atoms with E-state index in [0.29, 0.717) is 26.1 Å². The Labute approximate surface area is 151 Å². The normalized spacial score (nSPS) is 20.2. The van der Waals surface area contributed by atoms with Crippen LogP contribution < -0.4 is 0 Å². The molecular weight excluding hydrogens is 344 g/mol. The van der Waals surface area contributed by atoms with E-state index in [2.05, 4.69) is 0 Å². The predicted molar refractivity (Wildman–Crippen MR) is 93.0 cm³/mol. The number of rotatable bonds is 5. The molecule has 5 heteroatoms. The minimum atomic E-state index is -4.26. The average Bonchev–Trinajstić information content (AvgIpc) is 2.65. The van der Waals surface area contributed by atoms with Gasteiger partial charge in [-0.1, -0.05) is 48.0 Å². The second kappa shape index (κ2) is 7.03.